The van der Waals surface area contributed by atoms with Crippen LogP contribution in [-0.2, 0) is 11.3 Å². The molecule has 0 radical (unpaired) electrons. The summed E-state index contributed by atoms with van der Waals surface area (Å²) in [7, 11) is 0. The molecule has 0 aliphatic heterocycles. The molecule has 11 nitrogen and oxygen atoms in total. The molecule has 3 aromatic heterocycles. The first-order chi connectivity index (χ1) is 13.1. The number of hydrogen-bond acceptors (Lipinski definition) is 9. The van der Waals surface area contributed by atoms with Crippen LogP contribution in [0.5, 0.6) is 0 Å². The molecule has 3 rings (SSSR count). The van der Waals surface area contributed by atoms with Crippen LogP contribution in [0.15, 0.2) is 18.7 Å². The first-order valence-electron chi connectivity index (χ1n) is 8.58. The van der Waals surface area contributed by atoms with Crippen LogP contribution in [-0.4, -0.2) is 40.8 Å². The molecule has 0 unspecified atom stereocenters. The molecule has 3 heterocycles. The maximum absolute atomic E-state index is 11.0. The molecule has 0 aliphatic carbocycles. The maximum atomic E-state index is 11.0. The number of unbranched alkanes of at least 4 members (excludes halogenated alkanes) is 3. The van der Waals surface area contributed by atoms with Crippen LogP contribution in [0.4, 0.5) is 11.8 Å². The summed E-state index contributed by atoms with van der Waals surface area (Å²) in [6, 6.07) is 0. The highest BCUT2D eigenvalue weighted by Gasteiger charge is 2.17. The van der Waals surface area contributed by atoms with Gasteiger partial charge in [-0.25, -0.2) is 30.1 Å². The van der Waals surface area contributed by atoms with Crippen molar-refractivity contribution in [3.63, 3.8) is 0 Å². The van der Waals surface area contributed by atoms with Gasteiger partial charge in [0, 0.05) is 30.9 Å². The van der Waals surface area contributed by atoms with E-state index in [1.54, 1.807) is 22.6 Å². The van der Waals surface area contributed by atoms with Crippen LogP contribution < -0.4 is 16.9 Å². The van der Waals surface area contributed by atoms with Gasteiger partial charge in [-0.2, -0.15) is 5.10 Å². The lowest BCUT2D eigenvalue weighted by Gasteiger charge is -2.03. The molecule has 6 N–H and O–H groups in total. The van der Waals surface area contributed by atoms with E-state index in [-0.39, 0.29) is 11.9 Å². The molecular weight excluding hydrogens is 350 g/mol. The Hall–Kier alpha value is -3.34. The van der Waals surface area contributed by atoms with Crippen LogP contribution in [0.2, 0.25) is 0 Å². The van der Waals surface area contributed by atoms with Gasteiger partial charge >= 0.3 is 0 Å². The number of hydroxylamine groups is 1. The average molecular weight is 371 g/mol. The van der Waals surface area contributed by atoms with Gasteiger partial charge in [0.1, 0.15) is 17.8 Å². The largest absolute Gasteiger partial charge is 0.383 e. The van der Waals surface area contributed by atoms with Gasteiger partial charge in [-0.05, 0) is 12.8 Å². The van der Waals surface area contributed by atoms with Crippen LogP contribution in [0.3, 0.4) is 0 Å². The predicted molar refractivity (Wildman–Crippen MR) is 98.2 cm³/mol. The van der Waals surface area contributed by atoms with Crippen molar-refractivity contribution in [2.45, 2.75) is 38.6 Å². The topological polar surface area (TPSA) is 171 Å². The number of anilines is 2. The zero-order valence-electron chi connectivity index (χ0n) is 14.7. The number of carbonyl (C=O) groups excluding carboxylic acids is 1. The van der Waals surface area contributed by atoms with Crippen molar-refractivity contribution in [1.82, 2.24) is 35.2 Å². The third-order valence-electron chi connectivity index (χ3n) is 4.15. The summed E-state index contributed by atoms with van der Waals surface area (Å²) in [5.41, 5.74) is 15.2. The summed E-state index contributed by atoms with van der Waals surface area (Å²) in [5.74, 6) is 0.158. The second kappa shape index (κ2) is 8.36. The van der Waals surface area contributed by atoms with Crippen molar-refractivity contribution in [1.29, 1.82) is 0 Å². The minimum Gasteiger partial charge on any atom is -0.383 e. The number of fused-ring (bicyclic) bond motifs is 1. The average Bonchev–Trinajstić information content (AvgIpc) is 3.05. The van der Waals surface area contributed by atoms with E-state index < -0.39 is 0 Å². The fourth-order valence-electron chi connectivity index (χ4n) is 2.81. The van der Waals surface area contributed by atoms with Crippen molar-refractivity contribution in [3.8, 4) is 11.3 Å². The lowest BCUT2D eigenvalue weighted by Crippen LogP contribution is -2.17. The number of carbonyl (C=O) groups is 1. The first kappa shape index (κ1) is 18.5. The number of nitrogens with two attached hydrogens (primary N) is 2. The van der Waals surface area contributed by atoms with E-state index >= 15 is 0 Å². The molecule has 11 heteroatoms. The smallest absolute Gasteiger partial charge is 0.243 e. The van der Waals surface area contributed by atoms with E-state index in [2.05, 4.69) is 25.0 Å². The number of nitrogens with one attached hydrogen (secondary N) is 1. The molecule has 0 spiro atoms. The summed E-state index contributed by atoms with van der Waals surface area (Å²) < 4.78 is 1.79. The van der Waals surface area contributed by atoms with Crippen molar-refractivity contribution >= 4 is 28.7 Å². The predicted octanol–water partition coefficient (Wildman–Crippen LogP) is 0.904. The Kier molecular flexibility index (Phi) is 5.71. The third-order valence-corrected chi connectivity index (χ3v) is 4.15. The quantitative estimate of drug-likeness (QED) is 0.255. The number of aryl methyl sites for hydroxylation is 1. The number of aromatic nitrogens is 6. The van der Waals surface area contributed by atoms with Gasteiger partial charge in [-0.1, -0.05) is 12.8 Å². The van der Waals surface area contributed by atoms with Crippen molar-refractivity contribution in [2.75, 3.05) is 11.5 Å². The van der Waals surface area contributed by atoms with Crippen molar-refractivity contribution in [2.24, 2.45) is 0 Å². The Bertz CT molecular complexity index is 924. The van der Waals surface area contributed by atoms with E-state index in [1.165, 1.54) is 6.33 Å². The standard InChI is InChI=1S/C16H21N9O2/c17-14-12-13(10-7-19-16(18)20-8-10)23-25(15(12)22-9-21-14)6-4-2-1-3-5-11(26)24-27/h7-9,27H,1-6H2,(H,24,26)(H2,17,21,22)(H2,18,19,20). The van der Waals surface area contributed by atoms with E-state index in [9.17, 15) is 4.79 Å². The Morgan fingerprint density at radius 3 is 2.56 bits per heavy atom. The number of rotatable bonds is 8. The van der Waals surface area contributed by atoms with Gasteiger partial charge in [-0.3, -0.25) is 10.0 Å². The van der Waals surface area contributed by atoms with Gasteiger partial charge in [0.2, 0.25) is 11.9 Å². The molecule has 0 aromatic carbocycles. The number of amides is 1. The van der Waals surface area contributed by atoms with Gasteiger partial charge in [-0.15, -0.1) is 0 Å². The van der Waals surface area contributed by atoms with E-state index in [1.807, 2.05) is 0 Å². The summed E-state index contributed by atoms with van der Waals surface area (Å²) in [6.07, 6.45) is 8.27. The van der Waals surface area contributed by atoms with E-state index in [0.717, 1.165) is 25.7 Å². The van der Waals surface area contributed by atoms with Crippen LogP contribution in [0.25, 0.3) is 22.3 Å². The molecule has 0 aliphatic rings. The normalized spacial score (nSPS) is 11.0. The van der Waals surface area contributed by atoms with Gasteiger partial charge in [0.05, 0.1) is 5.39 Å². The first-order valence-corrected chi connectivity index (χ1v) is 8.58. The minimum absolute atomic E-state index is 0.182. The zero-order valence-corrected chi connectivity index (χ0v) is 14.7. The highest BCUT2D eigenvalue weighted by Crippen LogP contribution is 2.29. The monoisotopic (exact) mass is 371 g/mol. The van der Waals surface area contributed by atoms with Gasteiger partial charge in [0.25, 0.3) is 0 Å². The molecule has 0 saturated heterocycles. The SMILES string of the molecule is Nc1ncc(-c2nn(CCCCCCC(=O)NO)c3ncnc(N)c23)cn1. The number of nitrogens with zero attached hydrogens (tertiary/aromatic N) is 6. The van der Waals surface area contributed by atoms with Crippen LogP contribution >= 0.6 is 0 Å². The van der Waals surface area contributed by atoms with E-state index in [0.29, 0.717) is 41.1 Å². The molecule has 3 aromatic rings. The second-order valence-electron chi connectivity index (χ2n) is 6.06. The Balaban J connectivity index is 1.73. The molecule has 0 atom stereocenters. The molecular formula is C16H21N9O2. The number of hydrogen-bond donors (Lipinski definition) is 4. The molecule has 0 fully saturated rings. The van der Waals surface area contributed by atoms with Crippen LogP contribution in [0.1, 0.15) is 32.1 Å². The zero-order chi connectivity index (χ0) is 19.2. The highest BCUT2D eigenvalue weighted by atomic mass is 16.5. The van der Waals surface area contributed by atoms with E-state index in [4.69, 9.17) is 16.7 Å². The molecule has 1 amide bonds. The minimum atomic E-state index is -0.365. The highest BCUT2D eigenvalue weighted by molar-refractivity contribution is 5.97. The molecule has 0 bridgehead atoms. The lowest BCUT2D eigenvalue weighted by atomic mass is 10.1. The summed E-state index contributed by atoms with van der Waals surface area (Å²) in [4.78, 5) is 27.4. The molecule has 142 valence electrons. The molecule has 0 saturated carbocycles. The van der Waals surface area contributed by atoms with Crippen molar-refractivity contribution in [3.05, 3.63) is 18.7 Å². The lowest BCUT2D eigenvalue weighted by molar-refractivity contribution is -0.129. The maximum Gasteiger partial charge on any atom is 0.243 e. The summed E-state index contributed by atoms with van der Waals surface area (Å²) in [5, 5.41) is 13.8. The Morgan fingerprint density at radius 1 is 1.07 bits per heavy atom. The second-order valence-corrected chi connectivity index (χ2v) is 6.06. The summed E-state index contributed by atoms with van der Waals surface area (Å²) >= 11 is 0. The van der Waals surface area contributed by atoms with Crippen LogP contribution in [0, 0.1) is 0 Å². The van der Waals surface area contributed by atoms with Crippen molar-refractivity contribution < 1.29 is 10.0 Å². The molecule has 27 heavy (non-hydrogen) atoms. The number of nitrogen functional groups attached to an aromatic ring is 2. The Morgan fingerprint density at radius 2 is 1.81 bits per heavy atom. The fraction of sp³-hybridized carbons (Fsp3) is 0.375. The van der Waals surface area contributed by atoms with Gasteiger partial charge < -0.3 is 11.5 Å². The van der Waals surface area contributed by atoms with Gasteiger partial charge in [0.15, 0.2) is 5.65 Å². The Labute approximate surface area is 154 Å². The summed E-state index contributed by atoms with van der Waals surface area (Å²) in [6.45, 7) is 0.648. The fourth-order valence-corrected chi connectivity index (χ4v) is 2.81. The third kappa shape index (κ3) is 4.26.